The van der Waals surface area contributed by atoms with Crippen LogP contribution < -0.4 is 9.46 Å². The van der Waals surface area contributed by atoms with Crippen molar-refractivity contribution in [3.63, 3.8) is 0 Å². The summed E-state index contributed by atoms with van der Waals surface area (Å²) in [7, 11) is -3.41. The number of aryl methyl sites for hydroxylation is 1. The number of benzene rings is 2. The molecule has 0 bridgehead atoms. The first-order chi connectivity index (χ1) is 10.9. The van der Waals surface area contributed by atoms with E-state index in [0.29, 0.717) is 6.61 Å². The highest BCUT2D eigenvalue weighted by molar-refractivity contribution is 7.88. The first kappa shape index (κ1) is 17.5. The predicted octanol–water partition coefficient (Wildman–Crippen LogP) is 3.57. The van der Waals surface area contributed by atoms with Crippen LogP contribution in [-0.2, 0) is 15.8 Å². The summed E-state index contributed by atoms with van der Waals surface area (Å²) in [6.07, 6.45) is 0. The molecule has 0 aromatic heterocycles. The molecule has 0 saturated carbocycles. The highest BCUT2D eigenvalue weighted by Gasteiger charge is 2.17. The van der Waals surface area contributed by atoms with Gasteiger partial charge in [0.25, 0.3) is 0 Å². The van der Waals surface area contributed by atoms with Crippen LogP contribution in [0.5, 0.6) is 5.75 Å². The van der Waals surface area contributed by atoms with E-state index in [2.05, 4.69) is 4.72 Å². The van der Waals surface area contributed by atoms with Gasteiger partial charge in [0.1, 0.15) is 5.75 Å². The average molecular weight is 333 g/mol. The van der Waals surface area contributed by atoms with Crippen molar-refractivity contribution in [1.82, 2.24) is 4.72 Å². The minimum atomic E-state index is -3.41. The van der Waals surface area contributed by atoms with Crippen molar-refractivity contribution in [2.75, 3.05) is 6.61 Å². The lowest BCUT2D eigenvalue weighted by atomic mass is 10.1. The number of rotatable bonds is 7. The number of sulfonamides is 1. The van der Waals surface area contributed by atoms with Gasteiger partial charge >= 0.3 is 0 Å². The lowest BCUT2D eigenvalue weighted by molar-refractivity contribution is 0.340. The Hall–Kier alpha value is -1.85. The van der Waals surface area contributed by atoms with Crippen LogP contribution in [0.3, 0.4) is 0 Å². The Morgan fingerprint density at radius 2 is 1.74 bits per heavy atom. The molecule has 2 aromatic carbocycles. The van der Waals surface area contributed by atoms with Crippen LogP contribution in [0.15, 0.2) is 48.5 Å². The maximum absolute atomic E-state index is 12.4. The molecule has 0 aliphatic carbocycles. The van der Waals surface area contributed by atoms with E-state index >= 15 is 0 Å². The van der Waals surface area contributed by atoms with Gasteiger partial charge in [-0.05, 0) is 49.6 Å². The summed E-state index contributed by atoms with van der Waals surface area (Å²) in [6.45, 7) is 6.29. The minimum Gasteiger partial charge on any atom is -0.494 e. The largest absolute Gasteiger partial charge is 0.494 e. The van der Waals surface area contributed by atoms with E-state index in [1.165, 1.54) is 0 Å². The van der Waals surface area contributed by atoms with Gasteiger partial charge < -0.3 is 4.74 Å². The monoisotopic (exact) mass is 333 g/mol. The minimum absolute atomic E-state index is 0.0129. The number of nitrogens with one attached hydrogen (secondary N) is 1. The van der Waals surface area contributed by atoms with Crippen LogP contribution in [0, 0.1) is 6.92 Å². The quantitative estimate of drug-likeness (QED) is 0.843. The molecule has 2 aromatic rings. The molecule has 0 fully saturated rings. The zero-order valence-electron chi connectivity index (χ0n) is 13.7. The van der Waals surface area contributed by atoms with Crippen molar-refractivity contribution >= 4 is 10.0 Å². The van der Waals surface area contributed by atoms with Crippen LogP contribution in [0.1, 0.15) is 36.6 Å². The molecule has 1 N–H and O–H groups in total. The molecule has 2 rings (SSSR count). The molecule has 124 valence electrons. The second-order valence-electron chi connectivity index (χ2n) is 5.53. The highest BCUT2D eigenvalue weighted by atomic mass is 32.2. The first-order valence-corrected chi connectivity index (χ1v) is 9.34. The number of hydrogen-bond acceptors (Lipinski definition) is 3. The second-order valence-corrected chi connectivity index (χ2v) is 7.28. The molecule has 0 aliphatic heterocycles. The zero-order chi connectivity index (χ0) is 16.9. The molecule has 0 radical (unpaired) electrons. The summed E-state index contributed by atoms with van der Waals surface area (Å²) >= 11 is 0. The predicted molar refractivity (Wildman–Crippen MR) is 93.0 cm³/mol. The highest BCUT2D eigenvalue weighted by Crippen LogP contribution is 2.19. The molecule has 0 saturated heterocycles. The maximum atomic E-state index is 12.4. The number of hydrogen-bond donors (Lipinski definition) is 1. The Kier molecular flexibility index (Phi) is 5.80. The Labute approximate surface area is 138 Å². The van der Waals surface area contributed by atoms with Crippen LogP contribution >= 0.6 is 0 Å². The third-order valence-corrected chi connectivity index (χ3v) is 5.06. The Morgan fingerprint density at radius 1 is 1.09 bits per heavy atom. The van der Waals surface area contributed by atoms with Crippen molar-refractivity contribution in [3.8, 4) is 5.75 Å². The normalized spacial score (nSPS) is 12.8. The van der Waals surface area contributed by atoms with Crippen molar-refractivity contribution in [1.29, 1.82) is 0 Å². The van der Waals surface area contributed by atoms with Crippen LogP contribution in [0.25, 0.3) is 0 Å². The van der Waals surface area contributed by atoms with Gasteiger partial charge in [-0.3, -0.25) is 0 Å². The van der Waals surface area contributed by atoms with Gasteiger partial charge in [-0.15, -0.1) is 0 Å². The fourth-order valence-electron chi connectivity index (χ4n) is 2.38. The van der Waals surface area contributed by atoms with Crippen LogP contribution in [0.4, 0.5) is 0 Å². The fourth-order valence-corrected chi connectivity index (χ4v) is 3.87. The van der Waals surface area contributed by atoms with Crippen LogP contribution in [0.2, 0.25) is 0 Å². The Morgan fingerprint density at radius 3 is 2.35 bits per heavy atom. The second kappa shape index (κ2) is 7.62. The lowest BCUT2D eigenvalue weighted by Gasteiger charge is -2.16. The SMILES string of the molecule is CCOc1ccc([C@H](C)NS(=O)(=O)Cc2ccccc2C)cc1. The van der Waals surface area contributed by atoms with Crippen molar-refractivity contribution < 1.29 is 13.2 Å². The van der Waals surface area contributed by atoms with E-state index in [1.807, 2.05) is 69.3 Å². The third-order valence-electron chi connectivity index (χ3n) is 3.65. The van der Waals surface area contributed by atoms with E-state index in [0.717, 1.165) is 22.4 Å². The average Bonchev–Trinajstić information content (AvgIpc) is 2.50. The summed E-state index contributed by atoms with van der Waals surface area (Å²) in [5.41, 5.74) is 2.70. The van der Waals surface area contributed by atoms with Gasteiger partial charge in [-0.1, -0.05) is 36.4 Å². The van der Waals surface area contributed by atoms with Gasteiger partial charge in [-0.25, -0.2) is 13.1 Å². The molecule has 4 nitrogen and oxygen atoms in total. The topological polar surface area (TPSA) is 55.4 Å². The van der Waals surface area contributed by atoms with E-state index < -0.39 is 10.0 Å². The molecule has 0 aliphatic rings. The summed E-state index contributed by atoms with van der Waals surface area (Å²) in [4.78, 5) is 0. The maximum Gasteiger partial charge on any atom is 0.216 e. The summed E-state index contributed by atoms with van der Waals surface area (Å²) < 4.78 is 32.9. The van der Waals surface area contributed by atoms with Gasteiger partial charge in [0.15, 0.2) is 0 Å². The smallest absolute Gasteiger partial charge is 0.216 e. The van der Waals surface area contributed by atoms with Crippen molar-refractivity contribution in [2.24, 2.45) is 0 Å². The molecule has 1 atom stereocenters. The van der Waals surface area contributed by atoms with E-state index in [9.17, 15) is 8.42 Å². The van der Waals surface area contributed by atoms with Gasteiger partial charge in [-0.2, -0.15) is 0 Å². The molecule has 23 heavy (non-hydrogen) atoms. The van der Waals surface area contributed by atoms with Crippen molar-refractivity contribution in [3.05, 3.63) is 65.2 Å². The summed E-state index contributed by atoms with van der Waals surface area (Å²) in [5.74, 6) is 0.771. The Bertz CT molecular complexity index is 739. The van der Waals surface area contributed by atoms with E-state index in [4.69, 9.17) is 4.74 Å². The zero-order valence-corrected chi connectivity index (χ0v) is 14.6. The first-order valence-electron chi connectivity index (χ1n) is 7.68. The van der Waals surface area contributed by atoms with Crippen LogP contribution in [-0.4, -0.2) is 15.0 Å². The molecule has 5 heteroatoms. The molecular formula is C18H23NO3S. The molecule has 0 heterocycles. The number of ether oxygens (including phenoxy) is 1. The lowest BCUT2D eigenvalue weighted by Crippen LogP contribution is -2.28. The molecule has 0 spiro atoms. The van der Waals surface area contributed by atoms with Gasteiger partial charge in [0.05, 0.1) is 12.4 Å². The Balaban J connectivity index is 2.06. The fraction of sp³-hybridized carbons (Fsp3) is 0.333. The molecule has 0 amide bonds. The van der Waals surface area contributed by atoms with E-state index in [-0.39, 0.29) is 11.8 Å². The molecular weight excluding hydrogens is 310 g/mol. The van der Waals surface area contributed by atoms with Gasteiger partial charge in [0, 0.05) is 6.04 Å². The van der Waals surface area contributed by atoms with E-state index in [1.54, 1.807) is 0 Å². The summed E-state index contributed by atoms with van der Waals surface area (Å²) in [6, 6.07) is 14.7. The molecule has 0 unspecified atom stereocenters. The third kappa shape index (κ3) is 5.08. The van der Waals surface area contributed by atoms with Gasteiger partial charge in [0.2, 0.25) is 10.0 Å². The van der Waals surface area contributed by atoms with Crippen molar-refractivity contribution in [2.45, 2.75) is 32.6 Å². The standard InChI is InChI=1S/C18H23NO3S/c1-4-22-18-11-9-16(10-12-18)15(3)19-23(20,21)13-17-8-6-5-7-14(17)2/h5-12,15,19H,4,13H2,1-3H3/t15-/m0/s1. The summed E-state index contributed by atoms with van der Waals surface area (Å²) in [5, 5.41) is 0.